The molecule has 0 aliphatic heterocycles. The molecular weight excluding hydrogens is 280 g/mol. The number of halogens is 1. The van der Waals surface area contributed by atoms with E-state index in [1.165, 1.54) is 6.07 Å². The third-order valence-corrected chi connectivity index (χ3v) is 3.16. The van der Waals surface area contributed by atoms with Gasteiger partial charge in [-0.3, -0.25) is 9.59 Å². The number of nitrogen functional groups attached to an aromatic ring is 1. The number of nitrogens with two attached hydrogens (primary N) is 1. The number of hydrogen-bond acceptors (Lipinski definition) is 4. The van der Waals surface area contributed by atoms with Crippen molar-refractivity contribution in [3.05, 3.63) is 39.0 Å². The Balaban J connectivity index is 2.48. The first kappa shape index (κ1) is 14.4. The molecule has 0 unspecified atom stereocenters. The minimum Gasteiger partial charge on any atom is -0.440 e. The van der Waals surface area contributed by atoms with Crippen molar-refractivity contribution in [2.75, 3.05) is 12.3 Å². The Morgan fingerprint density at radius 1 is 1.45 bits per heavy atom. The van der Waals surface area contributed by atoms with Gasteiger partial charge in [0.15, 0.2) is 0 Å². The molecule has 0 spiro atoms. The van der Waals surface area contributed by atoms with Gasteiger partial charge in [-0.1, -0.05) is 24.9 Å². The van der Waals surface area contributed by atoms with E-state index in [1.807, 2.05) is 6.92 Å². The van der Waals surface area contributed by atoms with Gasteiger partial charge in [0.25, 0.3) is 5.91 Å². The summed E-state index contributed by atoms with van der Waals surface area (Å²) in [4.78, 5) is 24.3. The number of anilines is 1. The van der Waals surface area contributed by atoms with Crippen molar-refractivity contribution in [2.24, 2.45) is 0 Å². The normalized spacial score (nSPS) is 10.7. The first-order chi connectivity index (χ1) is 9.54. The number of hydrogen-bond donors (Lipinski definition) is 2. The van der Waals surface area contributed by atoms with Crippen LogP contribution in [0.1, 0.15) is 30.1 Å². The molecule has 1 heterocycles. The second kappa shape index (κ2) is 5.96. The molecule has 0 atom stereocenters. The van der Waals surface area contributed by atoms with Crippen molar-refractivity contribution < 1.29 is 9.21 Å². The van der Waals surface area contributed by atoms with Crippen LogP contribution in [0.2, 0.25) is 5.02 Å². The maximum atomic E-state index is 12.3. The molecule has 2 aromatic rings. The van der Waals surface area contributed by atoms with Gasteiger partial charge >= 0.3 is 0 Å². The zero-order chi connectivity index (χ0) is 14.7. The lowest BCUT2D eigenvalue weighted by Crippen LogP contribution is -2.30. The highest BCUT2D eigenvalue weighted by Gasteiger charge is 2.19. The molecule has 3 N–H and O–H groups in total. The highest BCUT2D eigenvalue weighted by Crippen LogP contribution is 2.20. The summed E-state index contributed by atoms with van der Waals surface area (Å²) in [7, 11) is 0. The fourth-order valence-corrected chi connectivity index (χ4v) is 2.04. The summed E-state index contributed by atoms with van der Waals surface area (Å²) in [5.41, 5.74) is 5.34. The van der Waals surface area contributed by atoms with Crippen LogP contribution in [0.25, 0.3) is 11.0 Å². The second-order valence-corrected chi connectivity index (χ2v) is 4.86. The summed E-state index contributed by atoms with van der Waals surface area (Å²) >= 11 is 5.85. The van der Waals surface area contributed by atoms with Crippen LogP contribution in [0.15, 0.2) is 27.4 Å². The molecule has 0 saturated carbocycles. The van der Waals surface area contributed by atoms with E-state index in [4.69, 9.17) is 21.8 Å². The maximum absolute atomic E-state index is 12.3. The molecule has 20 heavy (non-hydrogen) atoms. The van der Waals surface area contributed by atoms with E-state index in [-0.39, 0.29) is 16.8 Å². The van der Waals surface area contributed by atoms with E-state index < -0.39 is 11.3 Å². The van der Waals surface area contributed by atoms with Gasteiger partial charge < -0.3 is 15.5 Å². The van der Waals surface area contributed by atoms with Gasteiger partial charge in [-0.05, 0) is 24.6 Å². The highest BCUT2D eigenvalue weighted by atomic mass is 35.5. The second-order valence-electron chi connectivity index (χ2n) is 4.42. The monoisotopic (exact) mass is 294 g/mol. The van der Waals surface area contributed by atoms with Crippen LogP contribution < -0.4 is 16.5 Å². The third kappa shape index (κ3) is 2.77. The van der Waals surface area contributed by atoms with Gasteiger partial charge in [-0.25, -0.2) is 0 Å². The molecule has 1 amide bonds. The molecule has 0 aliphatic carbocycles. The van der Waals surface area contributed by atoms with Gasteiger partial charge in [-0.15, -0.1) is 0 Å². The lowest BCUT2D eigenvalue weighted by molar-refractivity contribution is 0.0951. The van der Waals surface area contributed by atoms with Crippen LogP contribution in [0.3, 0.4) is 0 Å². The van der Waals surface area contributed by atoms with Crippen molar-refractivity contribution >= 4 is 34.4 Å². The summed E-state index contributed by atoms with van der Waals surface area (Å²) in [6.07, 6.45) is 1.77. The zero-order valence-electron chi connectivity index (χ0n) is 11.0. The number of rotatable bonds is 4. The fraction of sp³-hybridized carbons (Fsp3) is 0.286. The van der Waals surface area contributed by atoms with Crippen LogP contribution in [-0.2, 0) is 0 Å². The van der Waals surface area contributed by atoms with Crippen LogP contribution in [0.5, 0.6) is 0 Å². The van der Waals surface area contributed by atoms with E-state index >= 15 is 0 Å². The summed E-state index contributed by atoms with van der Waals surface area (Å²) in [5.74, 6) is -0.703. The average Bonchev–Trinajstić information content (AvgIpc) is 2.40. The van der Waals surface area contributed by atoms with Gasteiger partial charge in [0.2, 0.25) is 11.3 Å². The van der Waals surface area contributed by atoms with Crippen molar-refractivity contribution in [1.82, 2.24) is 5.32 Å². The van der Waals surface area contributed by atoms with E-state index in [0.29, 0.717) is 17.2 Å². The fourth-order valence-electron chi connectivity index (χ4n) is 1.87. The molecule has 0 radical (unpaired) electrons. The number of carbonyl (C=O) groups excluding carboxylic acids is 1. The van der Waals surface area contributed by atoms with Crippen LogP contribution in [0, 0.1) is 0 Å². The number of benzene rings is 1. The smallest absolute Gasteiger partial charge is 0.260 e. The van der Waals surface area contributed by atoms with Crippen molar-refractivity contribution in [3.8, 4) is 0 Å². The SMILES string of the molecule is CCCCNC(=O)c1c(N)oc2ccc(Cl)cc2c1=O. The largest absolute Gasteiger partial charge is 0.440 e. The van der Waals surface area contributed by atoms with Gasteiger partial charge in [0.1, 0.15) is 11.1 Å². The molecule has 106 valence electrons. The molecule has 0 aliphatic rings. The van der Waals surface area contributed by atoms with E-state index in [2.05, 4.69) is 5.32 Å². The minimum atomic E-state index is -0.522. The first-order valence-electron chi connectivity index (χ1n) is 6.34. The van der Waals surface area contributed by atoms with E-state index in [9.17, 15) is 9.59 Å². The van der Waals surface area contributed by atoms with Crippen molar-refractivity contribution in [2.45, 2.75) is 19.8 Å². The molecule has 5 nitrogen and oxygen atoms in total. The van der Waals surface area contributed by atoms with Gasteiger partial charge in [-0.2, -0.15) is 0 Å². The standard InChI is InChI=1S/C14H15ClN2O3/c1-2-3-6-17-14(19)11-12(18)9-7-8(15)4-5-10(9)20-13(11)16/h4-5,7H,2-3,6,16H2,1H3,(H,17,19). The Morgan fingerprint density at radius 3 is 2.90 bits per heavy atom. The van der Waals surface area contributed by atoms with Crippen molar-refractivity contribution in [1.29, 1.82) is 0 Å². The summed E-state index contributed by atoms with van der Waals surface area (Å²) < 4.78 is 5.31. The Morgan fingerprint density at radius 2 is 2.20 bits per heavy atom. The predicted octanol–water partition coefficient (Wildman–Crippen LogP) is 2.56. The number of fused-ring (bicyclic) bond motifs is 1. The lowest BCUT2D eigenvalue weighted by Gasteiger charge is -2.07. The quantitative estimate of drug-likeness (QED) is 0.849. The summed E-state index contributed by atoms with van der Waals surface area (Å²) in [6, 6.07) is 4.60. The summed E-state index contributed by atoms with van der Waals surface area (Å²) in [5, 5.41) is 3.29. The number of unbranched alkanes of at least 4 members (excludes halogenated alkanes) is 1. The molecule has 1 aromatic heterocycles. The predicted molar refractivity (Wildman–Crippen MR) is 79.1 cm³/mol. The maximum Gasteiger partial charge on any atom is 0.260 e. The number of carbonyl (C=O) groups is 1. The van der Waals surface area contributed by atoms with Crippen LogP contribution in [-0.4, -0.2) is 12.5 Å². The molecular formula is C14H15ClN2O3. The number of nitrogens with one attached hydrogen (secondary N) is 1. The van der Waals surface area contributed by atoms with E-state index in [1.54, 1.807) is 12.1 Å². The molecule has 1 aromatic carbocycles. The van der Waals surface area contributed by atoms with Crippen molar-refractivity contribution in [3.63, 3.8) is 0 Å². The van der Waals surface area contributed by atoms with Crippen LogP contribution in [0.4, 0.5) is 5.88 Å². The minimum absolute atomic E-state index is 0.170. The topological polar surface area (TPSA) is 85.3 Å². The molecule has 0 saturated heterocycles. The Kier molecular flexibility index (Phi) is 4.29. The first-order valence-corrected chi connectivity index (χ1v) is 6.72. The molecule has 2 rings (SSSR count). The van der Waals surface area contributed by atoms with Gasteiger partial charge in [0, 0.05) is 11.6 Å². The molecule has 6 heteroatoms. The highest BCUT2D eigenvalue weighted by molar-refractivity contribution is 6.31. The molecule has 0 fully saturated rings. The number of amides is 1. The Hall–Kier alpha value is -2.01. The Bertz CT molecular complexity index is 709. The van der Waals surface area contributed by atoms with Gasteiger partial charge in [0.05, 0.1) is 5.39 Å². The average molecular weight is 295 g/mol. The van der Waals surface area contributed by atoms with E-state index in [0.717, 1.165) is 12.8 Å². The lowest BCUT2D eigenvalue weighted by atomic mass is 10.1. The third-order valence-electron chi connectivity index (χ3n) is 2.92. The summed E-state index contributed by atoms with van der Waals surface area (Å²) in [6.45, 7) is 2.49. The zero-order valence-corrected chi connectivity index (χ0v) is 11.8. The molecule has 0 bridgehead atoms. The van der Waals surface area contributed by atoms with Crippen LogP contribution >= 0.6 is 11.6 Å². The Labute approximate surface area is 120 Å².